The van der Waals surface area contributed by atoms with Crippen LogP contribution in [0, 0.1) is 0 Å². The highest BCUT2D eigenvalue weighted by Gasteiger charge is 2.34. The van der Waals surface area contributed by atoms with Crippen LogP contribution in [0.5, 0.6) is 0 Å². The van der Waals surface area contributed by atoms with Crippen molar-refractivity contribution < 1.29 is 10.2 Å². The Kier molecular flexibility index (Phi) is 1.81. The molecule has 0 heterocycles. The Bertz CT molecular complexity index is 352. The van der Waals surface area contributed by atoms with Crippen LogP contribution >= 0.6 is 0 Å². The second-order valence-corrected chi connectivity index (χ2v) is 4.17. The lowest BCUT2D eigenvalue weighted by atomic mass is 9.78. The van der Waals surface area contributed by atoms with E-state index in [-0.39, 0.29) is 0 Å². The molecule has 1 aromatic rings. The van der Waals surface area contributed by atoms with Gasteiger partial charge in [-0.2, -0.15) is 0 Å². The molecule has 2 rings (SSSR count). The molecule has 14 heavy (non-hydrogen) atoms. The van der Waals surface area contributed by atoms with Gasteiger partial charge in [0, 0.05) is 0 Å². The van der Waals surface area contributed by atoms with Crippen molar-refractivity contribution in [3.63, 3.8) is 0 Å². The van der Waals surface area contributed by atoms with Crippen LogP contribution in [0.25, 0.3) is 0 Å². The van der Waals surface area contributed by atoms with Crippen molar-refractivity contribution in [1.29, 1.82) is 0 Å². The molecule has 0 aromatic heterocycles. The fourth-order valence-electron chi connectivity index (χ4n) is 1.87. The first-order valence-electron chi connectivity index (χ1n) is 4.69. The Morgan fingerprint density at radius 2 is 1.21 bits per heavy atom. The summed E-state index contributed by atoms with van der Waals surface area (Å²) in [5.74, 6) is 0. The maximum atomic E-state index is 10.1. The molecule has 2 unspecified atom stereocenters. The number of fused-ring (bicyclic) bond motifs is 1. The minimum absolute atomic E-state index is 0.771. The maximum absolute atomic E-state index is 10.1. The van der Waals surface area contributed by atoms with Gasteiger partial charge in [0.25, 0.3) is 0 Å². The molecule has 2 heteroatoms. The second kappa shape index (κ2) is 2.69. The standard InChI is InChI=1S/C12H14O2/c1-11(13)7-8-12(2,14)10-6-4-3-5-9(10)11/h3-8,13-14H,1-2H3. The lowest BCUT2D eigenvalue weighted by molar-refractivity contribution is 0.0665. The largest absolute Gasteiger partial charge is 0.381 e. The first kappa shape index (κ1) is 9.44. The molecule has 1 aliphatic rings. The van der Waals surface area contributed by atoms with Gasteiger partial charge in [0.05, 0.1) is 0 Å². The number of benzene rings is 1. The van der Waals surface area contributed by atoms with Gasteiger partial charge in [-0.15, -0.1) is 0 Å². The molecule has 0 aliphatic heterocycles. The highest BCUT2D eigenvalue weighted by Crippen LogP contribution is 2.37. The number of rotatable bonds is 0. The molecular formula is C12H14O2. The average molecular weight is 190 g/mol. The molecule has 2 atom stereocenters. The summed E-state index contributed by atoms with van der Waals surface area (Å²) in [6.45, 7) is 3.44. The third-order valence-electron chi connectivity index (χ3n) is 2.75. The Morgan fingerprint density at radius 1 is 0.857 bits per heavy atom. The van der Waals surface area contributed by atoms with E-state index >= 15 is 0 Å². The lowest BCUT2D eigenvalue weighted by Crippen LogP contribution is -2.32. The normalized spacial score (nSPS) is 35.4. The van der Waals surface area contributed by atoms with Gasteiger partial charge in [-0.25, -0.2) is 0 Å². The minimum Gasteiger partial charge on any atom is -0.381 e. The van der Waals surface area contributed by atoms with E-state index in [1.165, 1.54) is 0 Å². The third-order valence-corrected chi connectivity index (χ3v) is 2.75. The van der Waals surface area contributed by atoms with E-state index in [1.54, 1.807) is 26.0 Å². The smallest absolute Gasteiger partial charge is 0.105 e. The Balaban J connectivity index is 2.68. The van der Waals surface area contributed by atoms with Gasteiger partial charge in [0.15, 0.2) is 0 Å². The monoisotopic (exact) mass is 190 g/mol. The Labute approximate surface area is 83.5 Å². The van der Waals surface area contributed by atoms with Gasteiger partial charge in [0.2, 0.25) is 0 Å². The molecule has 1 aliphatic carbocycles. The summed E-state index contributed by atoms with van der Waals surface area (Å²) in [5, 5.41) is 20.1. The summed E-state index contributed by atoms with van der Waals surface area (Å²) in [7, 11) is 0. The van der Waals surface area contributed by atoms with E-state index in [0.29, 0.717) is 0 Å². The van der Waals surface area contributed by atoms with Crippen LogP contribution in [0.15, 0.2) is 36.4 Å². The molecule has 0 saturated heterocycles. The van der Waals surface area contributed by atoms with Crippen LogP contribution in [-0.2, 0) is 11.2 Å². The molecule has 0 saturated carbocycles. The molecule has 0 spiro atoms. The van der Waals surface area contributed by atoms with Gasteiger partial charge in [-0.05, 0) is 37.1 Å². The van der Waals surface area contributed by atoms with Gasteiger partial charge in [-0.1, -0.05) is 24.3 Å². The fraction of sp³-hybridized carbons (Fsp3) is 0.333. The lowest BCUT2D eigenvalue weighted by Gasteiger charge is -2.34. The molecule has 74 valence electrons. The van der Waals surface area contributed by atoms with Crippen LogP contribution in [0.2, 0.25) is 0 Å². The number of aliphatic hydroxyl groups is 2. The van der Waals surface area contributed by atoms with E-state index in [9.17, 15) is 10.2 Å². The highest BCUT2D eigenvalue weighted by molar-refractivity contribution is 5.44. The Hall–Kier alpha value is -1.12. The zero-order valence-corrected chi connectivity index (χ0v) is 8.36. The van der Waals surface area contributed by atoms with Crippen LogP contribution in [0.1, 0.15) is 25.0 Å². The van der Waals surface area contributed by atoms with Crippen molar-refractivity contribution in [1.82, 2.24) is 0 Å². The van der Waals surface area contributed by atoms with Crippen molar-refractivity contribution in [3.8, 4) is 0 Å². The molecule has 2 N–H and O–H groups in total. The maximum Gasteiger partial charge on any atom is 0.105 e. The fourth-order valence-corrected chi connectivity index (χ4v) is 1.87. The molecule has 0 bridgehead atoms. The quantitative estimate of drug-likeness (QED) is 0.611. The van der Waals surface area contributed by atoms with E-state index < -0.39 is 11.2 Å². The average Bonchev–Trinajstić information content (AvgIpc) is 2.14. The molecule has 0 amide bonds. The van der Waals surface area contributed by atoms with Crippen molar-refractivity contribution in [2.24, 2.45) is 0 Å². The molecule has 2 nitrogen and oxygen atoms in total. The van der Waals surface area contributed by atoms with Crippen LogP contribution in [0.3, 0.4) is 0 Å². The predicted molar refractivity (Wildman–Crippen MR) is 54.7 cm³/mol. The zero-order chi connectivity index (χ0) is 10.4. The van der Waals surface area contributed by atoms with E-state index in [4.69, 9.17) is 0 Å². The SMILES string of the molecule is CC1(O)C=CC(C)(O)c2ccccc21. The highest BCUT2D eigenvalue weighted by atomic mass is 16.3. The summed E-state index contributed by atoms with van der Waals surface area (Å²) >= 11 is 0. The van der Waals surface area contributed by atoms with E-state index in [1.807, 2.05) is 24.3 Å². The third kappa shape index (κ3) is 1.27. The van der Waals surface area contributed by atoms with Crippen molar-refractivity contribution in [3.05, 3.63) is 47.5 Å². The summed E-state index contributed by atoms with van der Waals surface area (Å²) in [5.41, 5.74) is -0.405. The molecule has 1 aromatic carbocycles. The van der Waals surface area contributed by atoms with E-state index in [0.717, 1.165) is 11.1 Å². The summed E-state index contributed by atoms with van der Waals surface area (Å²) < 4.78 is 0. The van der Waals surface area contributed by atoms with Crippen LogP contribution < -0.4 is 0 Å². The molecule has 0 radical (unpaired) electrons. The van der Waals surface area contributed by atoms with Crippen molar-refractivity contribution in [2.75, 3.05) is 0 Å². The first-order valence-corrected chi connectivity index (χ1v) is 4.69. The van der Waals surface area contributed by atoms with Crippen molar-refractivity contribution in [2.45, 2.75) is 25.0 Å². The van der Waals surface area contributed by atoms with Gasteiger partial charge < -0.3 is 10.2 Å². The van der Waals surface area contributed by atoms with Crippen LogP contribution in [-0.4, -0.2) is 10.2 Å². The number of hydrogen-bond donors (Lipinski definition) is 2. The second-order valence-electron chi connectivity index (χ2n) is 4.17. The summed E-state index contributed by atoms with van der Waals surface area (Å²) in [6.07, 6.45) is 3.27. The predicted octanol–water partition coefficient (Wildman–Crippen LogP) is 1.67. The minimum atomic E-state index is -0.973. The molecular weight excluding hydrogens is 176 g/mol. The van der Waals surface area contributed by atoms with Gasteiger partial charge in [0.1, 0.15) is 11.2 Å². The summed E-state index contributed by atoms with van der Waals surface area (Å²) in [4.78, 5) is 0. The van der Waals surface area contributed by atoms with Gasteiger partial charge in [-0.3, -0.25) is 0 Å². The van der Waals surface area contributed by atoms with Gasteiger partial charge >= 0.3 is 0 Å². The first-order chi connectivity index (χ1) is 6.43. The topological polar surface area (TPSA) is 40.5 Å². The summed E-state index contributed by atoms with van der Waals surface area (Å²) in [6, 6.07) is 7.41. The zero-order valence-electron chi connectivity index (χ0n) is 8.36. The van der Waals surface area contributed by atoms with E-state index in [2.05, 4.69) is 0 Å². The molecule has 0 fully saturated rings. The van der Waals surface area contributed by atoms with Crippen LogP contribution in [0.4, 0.5) is 0 Å². The number of hydrogen-bond acceptors (Lipinski definition) is 2. The van der Waals surface area contributed by atoms with Crippen molar-refractivity contribution >= 4 is 0 Å². The Morgan fingerprint density at radius 3 is 1.57 bits per heavy atom.